The van der Waals surface area contributed by atoms with Crippen LogP contribution in [0.5, 0.6) is 0 Å². The summed E-state index contributed by atoms with van der Waals surface area (Å²) in [6.07, 6.45) is 2.46. The summed E-state index contributed by atoms with van der Waals surface area (Å²) < 4.78 is 0. The Kier molecular flexibility index (Phi) is 4.63. The van der Waals surface area contributed by atoms with E-state index in [-0.39, 0.29) is 28.7 Å². The van der Waals surface area contributed by atoms with E-state index < -0.39 is 0 Å². The van der Waals surface area contributed by atoms with Crippen molar-refractivity contribution in [1.82, 2.24) is 0 Å². The molecule has 0 aliphatic heterocycles. The quantitative estimate of drug-likeness (QED) is 0.313. The predicted molar refractivity (Wildman–Crippen MR) is 58.9 cm³/mol. The molecule has 0 unspecified atom stereocenters. The molecule has 14 heavy (non-hydrogen) atoms. The summed E-state index contributed by atoms with van der Waals surface area (Å²) in [5, 5.41) is 24.4. The van der Waals surface area contributed by atoms with Crippen LogP contribution in [0.4, 0.5) is 0 Å². The van der Waals surface area contributed by atoms with Crippen molar-refractivity contribution in [2.75, 3.05) is 0 Å². The highest BCUT2D eigenvalue weighted by molar-refractivity contribution is 6.04. The van der Waals surface area contributed by atoms with Gasteiger partial charge in [0.15, 0.2) is 0 Å². The third-order valence-electron chi connectivity index (χ3n) is 1.66. The number of nitrogens with one attached hydrogen (secondary N) is 2. The smallest absolute Gasteiger partial charge is 0.127 e. The van der Waals surface area contributed by atoms with Crippen LogP contribution in [0, 0.1) is 16.7 Å². The molecule has 0 spiro atoms. The summed E-state index contributed by atoms with van der Waals surface area (Å²) in [5.41, 5.74) is 6.08. The molecule has 0 aromatic rings. The molecule has 4 nitrogen and oxygen atoms in total. The van der Waals surface area contributed by atoms with Gasteiger partial charge in [-0.25, -0.2) is 0 Å². The van der Waals surface area contributed by atoms with E-state index >= 15 is 0 Å². The van der Waals surface area contributed by atoms with E-state index in [0.29, 0.717) is 0 Å². The number of aliphatic hydroxyl groups excluding tert-OH is 1. The van der Waals surface area contributed by atoms with Gasteiger partial charge in [0, 0.05) is 23.7 Å². The van der Waals surface area contributed by atoms with Crippen molar-refractivity contribution in [2.24, 2.45) is 11.7 Å². The molecule has 0 atom stereocenters. The highest BCUT2D eigenvalue weighted by Gasteiger charge is 2.12. The second-order valence-corrected chi connectivity index (χ2v) is 3.36. The van der Waals surface area contributed by atoms with Gasteiger partial charge in [-0.05, 0) is 12.8 Å². The molecule has 0 saturated heterocycles. The molecule has 78 valence electrons. The van der Waals surface area contributed by atoms with Gasteiger partial charge in [-0.3, -0.25) is 0 Å². The summed E-state index contributed by atoms with van der Waals surface area (Å²) in [4.78, 5) is 0. The van der Waals surface area contributed by atoms with E-state index in [1.165, 1.54) is 12.3 Å². The minimum atomic E-state index is -0.126. The van der Waals surface area contributed by atoms with E-state index in [9.17, 15) is 5.11 Å². The fourth-order valence-electron chi connectivity index (χ4n) is 0.907. The highest BCUT2D eigenvalue weighted by atomic mass is 16.3. The average molecular weight is 195 g/mol. The molecular weight excluding hydrogens is 178 g/mol. The summed E-state index contributed by atoms with van der Waals surface area (Å²) in [5.74, 6) is -0.134. The van der Waals surface area contributed by atoms with Crippen LogP contribution < -0.4 is 5.73 Å². The molecule has 0 aromatic heterocycles. The Morgan fingerprint density at radius 1 is 1.36 bits per heavy atom. The van der Waals surface area contributed by atoms with Gasteiger partial charge in [-0.2, -0.15) is 0 Å². The average Bonchev–Trinajstić information content (AvgIpc) is 2.03. The second-order valence-electron chi connectivity index (χ2n) is 3.36. The Balaban J connectivity index is 4.94. The molecule has 0 aliphatic rings. The number of allylic oxidation sites excluding steroid dienone is 2. The number of hydrogen-bond acceptors (Lipinski definition) is 4. The second kappa shape index (κ2) is 5.21. The molecule has 0 radical (unpaired) electrons. The zero-order chi connectivity index (χ0) is 11.3. The third-order valence-corrected chi connectivity index (χ3v) is 1.66. The molecule has 0 aliphatic carbocycles. The van der Waals surface area contributed by atoms with Crippen molar-refractivity contribution in [3.63, 3.8) is 0 Å². The maximum absolute atomic E-state index is 9.53. The normalized spacial score (nSPS) is 13.1. The van der Waals surface area contributed by atoms with Crippen LogP contribution in [0.2, 0.25) is 0 Å². The summed E-state index contributed by atoms with van der Waals surface area (Å²) in [7, 11) is 0. The lowest BCUT2D eigenvalue weighted by Crippen LogP contribution is -2.13. The van der Waals surface area contributed by atoms with Crippen molar-refractivity contribution in [3.8, 4) is 0 Å². The molecule has 0 saturated carbocycles. The number of rotatable bonds is 4. The summed E-state index contributed by atoms with van der Waals surface area (Å²) in [6, 6.07) is 0. The highest BCUT2D eigenvalue weighted by Crippen LogP contribution is 2.12. The van der Waals surface area contributed by atoms with Crippen LogP contribution >= 0.6 is 0 Å². The Bertz CT molecular complexity index is 300. The largest absolute Gasteiger partial charge is 0.507 e. The summed E-state index contributed by atoms with van der Waals surface area (Å²) >= 11 is 0. The van der Waals surface area contributed by atoms with Crippen LogP contribution in [-0.2, 0) is 0 Å². The molecule has 4 heteroatoms. The Morgan fingerprint density at radius 3 is 2.14 bits per heavy atom. The molecule has 0 rings (SSSR count). The van der Waals surface area contributed by atoms with Crippen molar-refractivity contribution in [3.05, 3.63) is 23.6 Å². The van der Waals surface area contributed by atoms with Gasteiger partial charge in [0.05, 0.1) is 5.57 Å². The van der Waals surface area contributed by atoms with Gasteiger partial charge in [-0.15, -0.1) is 0 Å². The first-order chi connectivity index (χ1) is 6.40. The Labute approximate surface area is 84.1 Å². The molecule has 5 N–H and O–H groups in total. The van der Waals surface area contributed by atoms with Gasteiger partial charge in [0.2, 0.25) is 0 Å². The van der Waals surface area contributed by atoms with E-state index in [4.69, 9.17) is 16.6 Å². The van der Waals surface area contributed by atoms with Gasteiger partial charge in [-0.1, -0.05) is 13.8 Å². The number of nitrogens with two attached hydrogens (primary N) is 1. The minimum absolute atomic E-state index is 0.00797. The molecular formula is C10H17N3O. The van der Waals surface area contributed by atoms with Crippen molar-refractivity contribution in [1.29, 1.82) is 10.8 Å². The third kappa shape index (κ3) is 3.43. The fraction of sp³-hybridized carbons (Fsp3) is 0.400. The lowest BCUT2D eigenvalue weighted by molar-refractivity contribution is 0.428. The lowest BCUT2D eigenvalue weighted by Gasteiger charge is -2.10. The van der Waals surface area contributed by atoms with Crippen LogP contribution in [0.1, 0.15) is 20.8 Å². The first-order valence-electron chi connectivity index (χ1n) is 4.37. The van der Waals surface area contributed by atoms with E-state index in [0.717, 1.165) is 0 Å². The molecule has 0 amide bonds. The first-order valence-corrected chi connectivity index (χ1v) is 4.37. The number of aliphatic hydroxyl groups is 1. The predicted octanol–water partition coefficient (Wildman–Crippen LogP) is 1.99. The van der Waals surface area contributed by atoms with Gasteiger partial charge < -0.3 is 21.7 Å². The summed E-state index contributed by atoms with van der Waals surface area (Å²) in [6.45, 7) is 5.23. The monoisotopic (exact) mass is 195 g/mol. The van der Waals surface area contributed by atoms with Crippen LogP contribution in [0.25, 0.3) is 0 Å². The molecule has 0 aromatic carbocycles. The van der Waals surface area contributed by atoms with Crippen LogP contribution in [0.15, 0.2) is 23.6 Å². The van der Waals surface area contributed by atoms with E-state index in [2.05, 4.69) is 0 Å². The van der Waals surface area contributed by atoms with Crippen molar-refractivity contribution < 1.29 is 5.11 Å². The standard InChI is InChI=1S/C10H17N3O/c1-6(2)10(13)8(5-11)9(14)4-7(3)12/h4-6,12-14H,11H2,1-3H3/b8-5-,9-4-,12-7?,13-10?. The lowest BCUT2D eigenvalue weighted by atomic mass is 9.99. The van der Waals surface area contributed by atoms with Gasteiger partial charge >= 0.3 is 0 Å². The SMILES string of the molecule is CC(=N)/C=C(O)/C(=C/N)C(=N)C(C)C. The fourth-order valence-corrected chi connectivity index (χ4v) is 0.907. The zero-order valence-electron chi connectivity index (χ0n) is 8.76. The minimum Gasteiger partial charge on any atom is -0.507 e. The van der Waals surface area contributed by atoms with E-state index in [1.54, 1.807) is 6.92 Å². The number of hydrogen-bond donors (Lipinski definition) is 4. The maximum Gasteiger partial charge on any atom is 0.127 e. The molecule has 0 heterocycles. The van der Waals surface area contributed by atoms with Gasteiger partial charge in [0.1, 0.15) is 5.76 Å². The molecule has 0 bridgehead atoms. The van der Waals surface area contributed by atoms with E-state index in [1.807, 2.05) is 13.8 Å². The Hall–Kier alpha value is -1.58. The zero-order valence-corrected chi connectivity index (χ0v) is 8.76. The van der Waals surface area contributed by atoms with Crippen molar-refractivity contribution >= 4 is 11.4 Å². The van der Waals surface area contributed by atoms with Crippen molar-refractivity contribution in [2.45, 2.75) is 20.8 Å². The van der Waals surface area contributed by atoms with Crippen LogP contribution in [-0.4, -0.2) is 16.5 Å². The maximum atomic E-state index is 9.53. The Morgan fingerprint density at radius 2 is 1.86 bits per heavy atom. The van der Waals surface area contributed by atoms with Crippen LogP contribution in [0.3, 0.4) is 0 Å². The van der Waals surface area contributed by atoms with Gasteiger partial charge in [0.25, 0.3) is 0 Å². The first kappa shape index (κ1) is 12.4. The molecule has 0 fully saturated rings. The topological polar surface area (TPSA) is 93.9 Å².